The minimum Gasteiger partial charge on any atom is -0.372 e. The number of benzene rings is 1. The topological polar surface area (TPSA) is 29.5 Å². The monoisotopic (exact) mass is 331 g/mol. The van der Waals surface area contributed by atoms with Crippen molar-refractivity contribution in [1.82, 2.24) is 4.90 Å². The average Bonchev–Trinajstić information content (AvgIpc) is 2.30. The summed E-state index contributed by atoms with van der Waals surface area (Å²) in [5.74, 6) is -0.0386. The molecule has 0 aromatic heterocycles. The fraction of sp³-hybridized carbons (Fsp3) is 0.462. The Morgan fingerprint density at radius 3 is 2.61 bits per heavy atom. The SMILES string of the molecule is CC1CN(C(=O)c2cccc(Br)c2Cl)CC(C)O1. The Morgan fingerprint density at radius 1 is 1.39 bits per heavy atom. The van der Waals surface area contributed by atoms with Gasteiger partial charge in [-0.05, 0) is 41.9 Å². The van der Waals surface area contributed by atoms with Gasteiger partial charge in [0.2, 0.25) is 0 Å². The van der Waals surface area contributed by atoms with Gasteiger partial charge in [-0.3, -0.25) is 4.79 Å². The zero-order valence-electron chi connectivity index (χ0n) is 10.3. The van der Waals surface area contributed by atoms with Crippen LogP contribution < -0.4 is 0 Å². The molecule has 1 aliphatic heterocycles. The summed E-state index contributed by atoms with van der Waals surface area (Å²) in [7, 11) is 0. The van der Waals surface area contributed by atoms with Crippen molar-refractivity contribution in [3.05, 3.63) is 33.3 Å². The number of rotatable bonds is 1. The summed E-state index contributed by atoms with van der Waals surface area (Å²) >= 11 is 9.49. The van der Waals surface area contributed by atoms with Crippen molar-refractivity contribution in [2.24, 2.45) is 0 Å². The molecule has 2 rings (SSSR count). The van der Waals surface area contributed by atoms with E-state index < -0.39 is 0 Å². The molecule has 0 aliphatic carbocycles. The summed E-state index contributed by atoms with van der Waals surface area (Å²) in [4.78, 5) is 14.2. The molecule has 1 amide bonds. The molecule has 1 fully saturated rings. The van der Waals surface area contributed by atoms with E-state index in [0.717, 1.165) is 4.47 Å². The molecule has 3 nitrogen and oxygen atoms in total. The van der Waals surface area contributed by atoms with E-state index in [4.69, 9.17) is 16.3 Å². The maximum Gasteiger partial charge on any atom is 0.255 e. The number of hydrogen-bond donors (Lipinski definition) is 0. The molecule has 5 heteroatoms. The van der Waals surface area contributed by atoms with E-state index in [0.29, 0.717) is 23.7 Å². The summed E-state index contributed by atoms with van der Waals surface area (Å²) < 4.78 is 6.36. The van der Waals surface area contributed by atoms with Crippen molar-refractivity contribution in [3.63, 3.8) is 0 Å². The molecule has 1 aliphatic rings. The van der Waals surface area contributed by atoms with Crippen molar-refractivity contribution >= 4 is 33.4 Å². The Bertz CT molecular complexity index is 456. The molecule has 98 valence electrons. The normalized spacial score (nSPS) is 24.1. The van der Waals surface area contributed by atoms with E-state index in [-0.39, 0.29) is 18.1 Å². The van der Waals surface area contributed by atoms with E-state index in [1.807, 2.05) is 26.0 Å². The number of ether oxygens (including phenoxy) is 1. The summed E-state index contributed by atoms with van der Waals surface area (Å²) in [6.07, 6.45) is 0.118. The number of halogens is 2. The van der Waals surface area contributed by atoms with Crippen LogP contribution in [0.25, 0.3) is 0 Å². The van der Waals surface area contributed by atoms with Crippen LogP contribution in [0.3, 0.4) is 0 Å². The predicted molar refractivity (Wildman–Crippen MR) is 75.1 cm³/mol. The Hall–Kier alpha value is -0.580. The number of amides is 1. The van der Waals surface area contributed by atoms with Gasteiger partial charge in [0.25, 0.3) is 5.91 Å². The molecule has 0 spiro atoms. The lowest BCUT2D eigenvalue weighted by Gasteiger charge is -2.35. The fourth-order valence-corrected chi connectivity index (χ4v) is 2.76. The largest absolute Gasteiger partial charge is 0.372 e. The second-order valence-corrected chi connectivity index (χ2v) is 5.80. The highest BCUT2D eigenvalue weighted by Gasteiger charge is 2.27. The molecule has 1 aromatic rings. The zero-order valence-corrected chi connectivity index (χ0v) is 12.7. The van der Waals surface area contributed by atoms with Crippen LogP contribution in [0, 0.1) is 0 Å². The maximum absolute atomic E-state index is 12.4. The molecular weight excluding hydrogens is 318 g/mol. The highest BCUT2D eigenvalue weighted by Crippen LogP contribution is 2.27. The number of carbonyl (C=O) groups excluding carboxylic acids is 1. The van der Waals surface area contributed by atoms with Gasteiger partial charge in [-0.15, -0.1) is 0 Å². The standard InChI is InChI=1S/C13H15BrClNO2/c1-8-6-16(7-9(2)18-8)13(17)10-4-3-5-11(14)12(10)15/h3-5,8-9H,6-7H2,1-2H3. The molecule has 1 aromatic carbocycles. The quantitative estimate of drug-likeness (QED) is 0.789. The first-order valence-electron chi connectivity index (χ1n) is 5.87. The molecule has 2 atom stereocenters. The Morgan fingerprint density at radius 2 is 2.00 bits per heavy atom. The van der Waals surface area contributed by atoms with Gasteiger partial charge in [0, 0.05) is 17.6 Å². The van der Waals surface area contributed by atoms with Gasteiger partial charge in [-0.2, -0.15) is 0 Å². The van der Waals surface area contributed by atoms with Crippen LogP contribution in [0.4, 0.5) is 0 Å². The number of morpholine rings is 1. The van der Waals surface area contributed by atoms with Gasteiger partial charge in [-0.25, -0.2) is 0 Å². The molecule has 2 unspecified atom stereocenters. The summed E-state index contributed by atoms with van der Waals surface area (Å²) in [6, 6.07) is 5.39. The number of hydrogen-bond acceptors (Lipinski definition) is 2. The van der Waals surface area contributed by atoms with E-state index in [9.17, 15) is 4.79 Å². The lowest BCUT2D eigenvalue weighted by molar-refractivity contribution is -0.0586. The highest BCUT2D eigenvalue weighted by molar-refractivity contribution is 9.10. The van der Waals surface area contributed by atoms with Crippen molar-refractivity contribution < 1.29 is 9.53 Å². The molecule has 18 heavy (non-hydrogen) atoms. The van der Waals surface area contributed by atoms with Crippen molar-refractivity contribution in [2.75, 3.05) is 13.1 Å². The van der Waals surface area contributed by atoms with Gasteiger partial charge in [0.1, 0.15) is 0 Å². The highest BCUT2D eigenvalue weighted by atomic mass is 79.9. The predicted octanol–water partition coefficient (Wildman–Crippen LogP) is 3.35. The average molecular weight is 333 g/mol. The summed E-state index contributed by atoms with van der Waals surface area (Å²) in [5, 5.41) is 0.467. The van der Waals surface area contributed by atoms with Crippen LogP contribution in [-0.2, 0) is 4.74 Å². The van der Waals surface area contributed by atoms with Crippen molar-refractivity contribution in [3.8, 4) is 0 Å². The van der Waals surface area contributed by atoms with Crippen LogP contribution in [0.5, 0.6) is 0 Å². The maximum atomic E-state index is 12.4. The molecule has 0 radical (unpaired) electrons. The number of nitrogens with zero attached hydrogens (tertiary/aromatic N) is 1. The van der Waals surface area contributed by atoms with E-state index >= 15 is 0 Å². The minimum absolute atomic E-state index is 0.0386. The van der Waals surface area contributed by atoms with Crippen LogP contribution in [-0.4, -0.2) is 36.1 Å². The molecule has 1 saturated heterocycles. The zero-order chi connectivity index (χ0) is 13.3. The lowest BCUT2D eigenvalue weighted by Crippen LogP contribution is -2.48. The Kier molecular flexibility index (Phi) is 4.30. The van der Waals surface area contributed by atoms with Crippen molar-refractivity contribution in [1.29, 1.82) is 0 Å². The fourth-order valence-electron chi connectivity index (χ4n) is 2.18. The first kappa shape index (κ1) is 13.8. The van der Waals surface area contributed by atoms with Gasteiger partial charge in [-0.1, -0.05) is 17.7 Å². The third-order valence-electron chi connectivity index (χ3n) is 2.89. The van der Waals surface area contributed by atoms with E-state index in [2.05, 4.69) is 15.9 Å². The van der Waals surface area contributed by atoms with E-state index in [1.165, 1.54) is 0 Å². The summed E-state index contributed by atoms with van der Waals surface area (Å²) in [6.45, 7) is 5.15. The Labute approximate surface area is 120 Å². The van der Waals surface area contributed by atoms with Gasteiger partial charge < -0.3 is 9.64 Å². The third kappa shape index (κ3) is 2.87. The van der Waals surface area contributed by atoms with Gasteiger partial charge in [0.15, 0.2) is 0 Å². The molecule has 0 N–H and O–H groups in total. The molecule has 0 saturated carbocycles. The Balaban J connectivity index is 2.23. The third-order valence-corrected chi connectivity index (χ3v) is 4.19. The first-order valence-corrected chi connectivity index (χ1v) is 7.05. The summed E-state index contributed by atoms with van der Waals surface area (Å²) in [5.41, 5.74) is 0.535. The smallest absolute Gasteiger partial charge is 0.255 e. The first-order chi connectivity index (χ1) is 8.49. The van der Waals surface area contributed by atoms with Gasteiger partial charge in [0.05, 0.1) is 22.8 Å². The molecule has 0 bridgehead atoms. The minimum atomic E-state index is -0.0386. The van der Waals surface area contributed by atoms with Crippen LogP contribution in [0.15, 0.2) is 22.7 Å². The van der Waals surface area contributed by atoms with Crippen LogP contribution in [0.2, 0.25) is 5.02 Å². The second kappa shape index (κ2) is 5.59. The van der Waals surface area contributed by atoms with E-state index in [1.54, 1.807) is 11.0 Å². The number of carbonyl (C=O) groups is 1. The van der Waals surface area contributed by atoms with Crippen LogP contribution in [0.1, 0.15) is 24.2 Å². The lowest BCUT2D eigenvalue weighted by atomic mass is 10.1. The van der Waals surface area contributed by atoms with Crippen molar-refractivity contribution in [2.45, 2.75) is 26.1 Å². The molecule has 1 heterocycles. The second-order valence-electron chi connectivity index (χ2n) is 4.57. The molecular formula is C13H15BrClNO2. The van der Waals surface area contributed by atoms with Crippen LogP contribution >= 0.6 is 27.5 Å². The van der Waals surface area contributed by atoms with Gasteiger partial charge >= 0.3 is 0 Å².